The van der Waals surface area contributed by atoms with E-state index in [4.69, 9.17) is 0 Å². The summed E-state index contributed by atoms with van der Waals surface area (Å²) in [6.45, 7) is 6.04. The van der Waals surface area contributed by atoms with E-state index >= 15 is 0 Å². The number of halogens is 3. The van der Waals surface area contributed by atoms with Gasteiger partial charge in [-0.2, -0.15) is 18.3 Å². The van der Waals surface area contributed by atoms with Gasteiger partial charge in [0, 0.05) is 24.2 Å². The zero-order valence-electron chi connectivity index (χ0n) is 10.6. The van der Waals surface area contributed by atoms with Crippen LogP contribution in [0, 0.1) is 0 Å². The number of H-pyrrole nitrogens is 1. The van der Waals surface area contributed by atoms with E-state index in [1.54, 1.807) is 0 Å². The fraction of sp³-hybridized carbons (Fsp3) is 0.750. The van der Waals surface area contributed by atoms with E-state index in [1.165, 1.54) is 0 Å². The lowest BCUT2D eigenvalue weighted by Gasteiger charge is -2.34. The maximum Gasteiger partial charge on any atom is 0.435 e. The van der Waals surface area contributed by atoms with Gasteiger partial charge in [0.05, 0.1) is 0 Å². The Balaban J connectivity index is 2.09. The fourth-order valence-corrected chi connectivity index (χ4v) is 2.42. The highest BCUT2D eigenvalue weighted by atomic mass is 19.4. The summed E-state index contributed by atoms with van der Waals surface area (Å²) >= 11 is 0. The van der Waals surface area contributed by atoms with Crippen molar-refractivity contribution in [1.82, 2.24) is 15.1 Å². The number of hydrogen-bond acceptors (Lipinski definition) is 2. The van der Waals surface area contributed by atoms with E-state index in [9.17, 15) is 13.2 Å². The third-order valence-electron chi connectivity index (χ3n) is 3.51. The SMILES string of the molecule is CC(C)N1CCCC(c2cc(C(F)(F)F)n[nH]2)C1. The van der Waals surface area contributed by atoms with E-state index in [1.807, 2.05) is 0 Å². The van der Waals surface area contributed by atoms with Gasteiger partial charge in [0.25, 0.3) is 0 Å². The van der Waals surface area contributed by atoms with Gasteiger partial charge < -0.3 is 4.90 Å². The molecule has 0 amide bonds. The van der Waals surface area contributed by atoms with Gasteiger partial charge in [0.2, 0.25) is 0 Å². The summed E-state index contributed by atoms with van der Waals surface area (Å²) in [4.78, 5) is 2.29. The Kier molecular flexibility index (Phi) is 3.66. The smallest absolute Gasteiger partial charge is 0.300 e. The number of aromatic nitrogens is 2. The highest BCUT2D eigenvalue weighted by Crippen LogP contribution is 2.32. The van der Waals surface area contributed by atoms with Crippen molar-refractivity contribution in [3.8, 4) is 0 Å². The summed E-state index contributed by atoms with van der Waals surface area (Å²) in [5, 5.41) is 5.91. The van der Waals surface area contributed by atoms with Crippen molar-refractivity contribution in [2.75, 3.05) is 13.1 Å². The molecule has 0 saturated carbocycles. The van der Waals surface area contributed by atoms with Crippen LogP contribution in [0.5, 0.6) is 0 Å². The Morgan fingerprint density at radius 2 is 2.17 bits per heavy atom. The van der Waals surface area contributed by atoms with E-state index in [0.717, 1.165) is 32.0 Å². The Morgan fingerprint density at radius 1 is 1.44 bits per heavy atom. The molecule has 18 heavy (non-hydrogen) atoms. The number of nitrogens with zero attached hydrogens (tertiary/aromatic N) is 2. The van der Waals surface area contributed by atoms with E-state index < -0.39 is 11.9 Å². The van der Waals surface area contributed by atoms with Crippen LogP contribution in [0.25, 0.3) is 0 Å². The van der Waals surface area contributed by atoms with Crippen LogP contribution in [0.2, 0.25) is 0 Å². The van der Waals surface area contributed by atoms with Crippen LogP contribution in [0.4, 0.5) is 13.2 Å². The first-order valence-corrected chi connectivity index (χ1v) is 6.24. The number of hydrogen-bond donors (Lipinski definition) is 1. The van der Waals surface area contributed by atoms with Gasteiger partial charge in [0.1, 0.15) is 0 Å². The maximum absolute atomic E-state index is 12.5. The predicted octanol–water partition coefficient (Wildman–Crippen LogP) is 3.02. The Hall–Kier alpha value is -1.04. The van der Waals surface area contributed by atoms with Crippen molar-refractivity contribution >= 4 is 0 Å². The molecule has 1 N–H and O–H groups in total. The molecule has 102 valence electrons. The van der Waals surface area contributed by atoms with Gasteiger partial charge in [-0.3, -0.25) is 5.10 Å². The normalized spacial score (nSPS) is 22.7. The molecule has 0 radical (unpaired) electrons. The molecule has 1 aromatic rings. The second kappa shape index (κ2) is 4.91. The van der Waals surface area contributed by atoms with Crippen LogP contribution in [-0.4, -0.2) is 34.2 Å². The molecule has 1 aromatic heterocycles. The molecule has 1 fully saturated rings. The number of nitrogens with one attached hydrogen (secondary N) is 1. The summed E-state index contributed by atoms with van der Waals surface area (Å²) in [5.41, 5.74) is -0.216. The first-order valence-electron chi connectivity index (χ1n) is 6.24. The highest BCUT2D eigenvalue weighted by Gasteiger charge is 2.35. The molecule has 3 nitrogen and oxygen atoms in total. The molecule has 1 unspecified atom stereocenters. The minimum Gasteiger partial charge on any atom is -0.300 e. The quantitative estimate of drug-likeness (QED) is 0.887. The zero-order valence-corrected chi connectivity index (χ0v) is 10.6. The van der Waals surface area contributed by atoms with Crippen molar-refractivity contribution in [2.24, 2.45) is 0 Å². The van der Waals surface area contributed by atoms with Crippen LogP contribution in [0.3, 0.4) is 0 Å². The number of piperidine rings is 1. The Bertz CT molecular complexity index is 398. The van der Waals surface area contributed by atoms with Crippen molar-refractivity contribution in [2.45, 2.75) is 44.8 Å². The molecule has 2 heterocycles. The van der Waals surface area contributed by atoms with Gasteiger partial charge in [-0.05, 0) is 39.3 Å². The lowest BCUT2D eigenvalue weighted by atomic mass is 9.94. The average molecular weight is 261 g/mol. The van der Waals surface area contributed by atoms with Gasteiger partial charge >= 0.3 is 6.18 Å². The largest absolute Gasteiger partial charge is 0.435 e. The standard InChI is InChI=1S/C12H18F3N3/c1-8(2)18-5-3-4-9(7-18)10-6-11(17-16-10)12(13,14)15/h6,8-9H,3-5,7H2,1-2H3,(H,16,17). The third kappa shape index (κ3) is 2.85. The number of aromatic amines is 1. The van der Waals surface area contributed by atoms with Gasteiger partial charge in [-0.25, -0.2) is 0 Å². The summed E-state index contributed by atoms with van der Waals surface area (Å²) in [6.07, 6.45) is -2.42. The van der Waals surface area contributed by atoms with Crippen molar-refractivity contribution in [1.29, 1.82) is 0 Å². The van der Waals surface area contributed by atoms with Crippen molar-refractivity contribution in [3.05, 3.63) is 17.5 Å². The van der Waals surface area contributed by atoms with Crippen LogP contribution in [0.1, 0.15) is 44.0 Å². The van der Waals surface area contributed by atoms with E-state index in [-0.39, 0.29) is 5.92 Å². The molecule has 1 aliphatic rings. The van der Waals surface area contributed by atoms with Crippen LogP contribution in [0.15, 0.2) is 6.07 Å². The van der Waals surface area contributed by atoms with Gasteiger partial charge in [-0.1, -0.05) is 0 Å². The second-order valence-corrected chi connectivity index (χ2v) is 5.13. The molecule has 1 saturated heterocycles. The monoisotopic (exact) mass is 261 g/mol. The first kappa shape index (κ1) is 13.4. The zero-order chi connectivity index (χ0) is 13.3. The van der Waals surface area contributed by atoms with Gasteiger partial charge in [0.15, 0.2) is 5.69 Å². The molecule has 1 aliphatic heterocycles. The molecule has 1 atom stereocenters. The molecular formula is C12H18F3N3. The van der Waals surface area contributed by atoms with Crippen LogP contribution >= 0.6 is 0 Å². The molecule has 6 heteroatoms. The Labute approximate surface area is 104 Å². The van der Waals surface area contributed by atoms with E-state index in [0.29, 0.717) is 11.7 Å². The average Bonchev–Trinajstić information content (AvgIpc) is 2.78. The molecular weight excluding hydrogens is 243 g/mol. The fourth-order valence-electron chi connectivity index (χ4n) is 2.42. The van der Waals surface area contributed by atoms with Gasteiger partial charge in [-0.15, -0.1) is 0 Å². The molecule has 2 rings (SSSR count). The van der Waals surface area contributed by atoms with Crippen molar-refractivity contribution in [3.63, 3.8) is 0 Å². The minimum absolute atomic E-state index is 0.129. The number of alkyl halides is 3. The van der Waals surface area contributed by atoms with Crippen LogP contribution < -0.4 is 0 Å². The number of likely N-dealkylation sites (tertiary alicyclic amines) is 1. The Morgan fingerprint density at radius 3 is 2.72 bits per heavy atom. The van der Waals surface area contributed by atoms with Crippen LogP contribution in [-0.2, 0) is 6.18 Å². The molecule has 0 bridgehead atoms. The lowest BCUT2D eigenvalue weighted by Crippen LogP contribution is -2.39. The summed E-state index contributed by atoms with van der Waals surface area (Å²) in [7, 11) is 0. The van der Waals surface area contributed by atoms with E-state index in [2.05, 4.69) is 28.9 Å². The molecule has 0 spiro atoms. The lowest BCUT2D eigenvalue weighted by molar-refractivity contribution is -0.141. The maximum atomic E-state index is 12.5. The third-order valence-corrected chi connectivity index (χ3v) is 3.51. The minimum atomic E-state index is -4.36. The summed E-state index contributed by atoms with van der Waals surface area (Å²) in [5.74, 6) is 0.129. The predicted molar refractivity (Wildman–Crippen MR) is 62.3 cm³/mol. The highest BCUT2D eigenvalue weighted by molar-refractivity contribution is 5.16. The topological polar surface area (TPSA) is 31.9 Å². The summed E-state index contributed by atoms with van der Waals surface area (Å²) in [6, 6.07) is 1.58. The summed E-state index contributed by atoms with van der Waals surface area (Å²) < 4.78 is 37.4. The molecule has 0 aromatic carbocycles. The second-order valence-electron chi connectivity index (χ2n) is 5.13. The number of rotatable bonds is 2. The first-order chi connectivity index (χ1) is 8.38. The molecule has 0 aliphatic carbocycles. The van der Waals surface area contributed by atoms with Crippen molar-refractivity contribution < 1.29 is 13.2 Å².